The van der Waals surface area contributed by atoms with E-state index in [0.717, 1.165) is 23.4 Å². The first kappa shape index (κ1) is 15.8. The Labute approximate surface area is 131 Å². The number of hydrogen-bond donors (Lipinski definition) is 0. The molecule has 21 heavy (non-hydrogen) atoms. The van der Waals surface area contributed by atoms with Gasteiger partial charge >= 0.3 is 0 Å². The summed E-state index contributed by atoms with van der Waals surface area (Å²) in [4.78, 5) is 8.04. The summed E-state index contributed by atoms with van der Waals surface area (Å²) in [6.45, 7) is 18.6. The third-order valence-electron chi connectivity index (χ3n) is 6.50. The van der Waals surface area contributed by atoms with E-state index < -0.39 is 0 Å². The van der Waals surface area contributed by atoms with Gasteiger partial charge in [-0.15, -0.1) is 0 Å². The van der Waals surface area contributed by atoms with Crippen molar-refractivity contribution < 1.29 is 0 Å². The summed E-state index contributed by atoms with van der Waals surface area (Å²) in [7, 11) is 0. The van der Waals surface area contributed by atoms with Gasteiger partial charge in [-0.05, 0) is 71.4 Å². The zero-order chi connectivity index (χ0) is 15.0. The number of rotatable bonds is 4. The first-order valence-electron chi connectivity index (χ1n) is 9.21. The lowest BCUT2D eigenvalue weighted by Crippen LogP contribution is -2.49. The van der Waals surface area contributed by atoms with Crippen LogP contribution in [0.25, 0.3) is 0 Å². The van der Waals surface area contributed by atoms with Gasteiger partial charge in [-0.3, -0.25) is 4.90 Å². The van der Waals surface area contributed by atoms with Gasteiger partial charge in [0, 0.05) is 44.8 Å². The first-order chi connectivity index (χ1) is 10.00. The molecule has 0 aromatic carbocycles. The highest BCUT2D eigenvalue weighted by Crippen LogP contribution is 2.59. The molecular weight excluding hydrogens is 258 g/mol. The minimum Gasteiger partial charge on any atom is -0.301 e. The molecule has 0 bridgehead atoms. The standard InChI is InChI=1S/C18H35N3/c1-15(2)20-7-5-18(6-8-20)13-17(18)14-19-9-11-21(12-10-19)16(3)4/h15-17H,5-14H2,1-4H3. The van der Waals surface area contributed by atoms with E-state index in [0.29, 0.717) is 0 Å². The summed E-state index contributed by atoms with van der Waals surface area (Å²) in [6, 6.07) is 1.46. The SMILES string of the molecule is CC(C)N1CCN(CC2CC23CCN(C(C)C)CC3)CC1. The molecule has 1 unspecified atom stereocenters. The van der Waals surface area contributed by atoms with Gasteiger partial charge in [-0.1, -0.05) is 0 Å². The summed E-state index contributed by atoms with van der Waals surface area (Å²) < 4.78 is 0. The molecule has 2 aliphatic heterocycles. The van der Waals surface area contributed by atoms with E-state index in [-0.39, 0.29) is 0 Å². The molecule has 1 aliphatic carbocycles. The molecule has 0 radical (unpaired) electrons. The van der Waals surface area contributed by atoms with E-state index in [1.54, 1.807) is 0 Å². The van der Waals surface area contributed by atoms with Crippen LogP contribution in [0.2, 0.25) is 0 Å². The zero-order valence-corrected chi connectivity index (χ0v) is 14.6. The molecule has 2 heterocycles. The average Bonchev–Trinajstić information content (AvgIpc) is 3.11. The van der Waals surface area contributed by atoms with Crippen LogP contribution in [-0.2, 0) is 0 Å². The number of hydrogen-bond acceptors (Lipinski definition) is 3. The number of nitrogens with zero attached hydrogens (tertiary/aromatic N) is 3. The Balaban J connectivity index is 1.41. The van der Waals surface area contributed by atoms with Gasteiger partial charge in [0.1, 0.15) is 0 Å². The fourth-order valence-electron chi connectivity index (χ4n) is 4.56. The third-order valence-corrected chi connectivity index (χ3v) is 6.50. The molecule has 0 aromatic rings. The van der Waals surface area contributed by atoms with Gasteiger partial charge in [0.2, 0.25) is 0 Å². The van der Waals surface area contributed by atoms with Crippen LogP contribution in [0.5, 0.6) is 0 Å². The van der Waals surface area contributed by atoms with Crippen LogP contribution in [0.4, 0.5) is 0 Å². The van der Waals surface area contributed by atoms with Crippen molar-refractivity contribution in [2.24, 2.45) is 11.3 Å². The Morgan fingerprint density at radius 3 is 1.86 bits per heavy atom. The Morgan fingerprint density at radius 1 is 0.810 bits per heavy atom. The van der Waals surface area contributed by atoms with Gasteiger partial charge < -0.3 is 9.80 Å². The maximum Gasteiger partial charge on any atom is 0.0113 e. The largest absolute Gasteiger partial charge is 0.301 e. The maximum atomic E-state index is 2.74. The van der Waals surface area contributed by atoms with Gasteiger partial charge in [0.15, 0.2) is 0 Å². The Morgan fingerprint density at radius 2 is 1.33 bits per heavy atom. The van der Waals surface area contributed by atoms with Crippen molar-refractivity contribution >= 4 is 0 Å². The Kier molecular flexibility index (Phi) is 4.63. The molecule has 3 rings (SSSR count). The van der Waals surface area contributed by atoms with E-state index in [9.17, 15) is 0 Å². The Hall–Kier alpha value is -0.120. The minimum atomic E-state index is 0.722. The van der Waals surface area contributed by atoms with Gasteiger partial charge in [-0.25, -0.2) is 0 Å². The van der Waals surface area contributed by atoms with E-state index >= 15 is 0 Å². The van der Waals surface area contributed by atoms with Crippen molar-refractivity contribution in [3.05, 3.63) is 0 Å². The van der Waals surface area contributed by atoms with E-state index in [1.165, 1.54) is 65.1 Å². The maximum absolute atomic E-state index is 2.74. The van der Waals surface area contributed by atoms with Crippen LogP contribution >= 0.6 is 0 Å². The summed E-state index contributed by atoms with van der Waals surface area (Å²) in [6.07, 6.45) is 4.44. The monoisotopic (exact) mass is 293 g/mol. The molecule has 122 valence electrons. The molecule has 1 spiro atoms. The molecule has 0 amide bonds. The van der Waals surface area contributed by atoms with Crippen molar-refractivity contribution in [1.29, 1.82) is 0 Å². The normalized spacial score (nSPS) is 31.4. The second kappa shape index (κ2) is 6.17. The highest BCUT2D eigenvalue weighted by molar-refractivity contribution is 5.06. The van der Waals surface area contributed by atoms with Crippen LogP contribution in [-0.4, -0.2) is 72.6 Å². The molecule has 3 fully saturated rings. The first-order valence-corrected chi connectivity index (χ1v) is 9.21. The second-order valence-corrected chi connectivity index (χ2v) is 8.32. The number of piperazine rings is 1. The lowest BCUT2D eigenvalue weighted by molar-refractivity contribution is 0.0919. The molecule has 3 aliphatic rings. The van der Waals surface area contributed by atoms with Gasteiger partial charge in [-0.2, -0.15) is 0 Å². The average molecular weight is 293 g/mol. The lowest BCUT2D eigenvalue weighted by Gasteiger charge is -2.38. The van der Waals surface area contributed by atoms with Crippen molar-refractivity contribution in [2.45, 2.75) is 59.0 Å². The fraction of sp³-hybridized carbons (Fsp3) is 1.00. The molecule has 1 atom stereocenters. The number of likely N-dealkylation sites (tertiary alicyclic amines) is 1. The van der Waals surface area contributed by atoms with Crippen LogP contribution in [0.15, 0.2) is 0 Å². The smallest absolute Gasteiger partial charge is 0.0113 e. The fourth-order valence-corrected chi connectivity index (χ4v) is 4.56. The van der Waals surface area contributed by atoms with Crippen LogP contribution in [0, 0.1) is 11.3 Å². The van der Waals surface area contributed by atoms with Crippen molar-refractivity contribution in [3.8, 4) is 0 Å². The quantitative estimate of drug-likeness (QED) is 0.788. The van der Waals surface area contributed by atoms with Crippen LogP contribution < -0.4 is 0 Å². The van der Waals surface area contributed by atoms with E-state index in [1.807, 2.05) is 0 Å². The molecule has 0 N–H and O–H groups in total. The van der Waals surface area contributed by atoms with E-state index in [2.05, 4.69) is 42.4 Å². The summed E-state index contributed by atoms with van der Waals surface area (Å²) in [5.41, 5.74) is 0.751. The summed E-state index contributed by atoms with van der Waals surface area (Å²) in [5, 5.41) is 0. The van der Waals surface area contributed by atoms with Crippen LogP contribution in [0.3, 0.4) is 0 Å². The van der Waals surface area contributed by atoms with Crippen molar-refractivity contribution in [1.82, 2.24) is 14.7 Å². The predicted molar refractivity (Wildman–Crippen MR) is 89.6 cm³/mol. The molecule has 1 saturated carbocycles. The predicted octanol–water partition coefficient (Wildman–Crippen LogP) is 2.52. The highest BCUT2D eigenvalue weighted by atomic mass is 15.3. The van der Waals surface area contributed by atoms with E-state index in [4.69, 9.17) is 0 Å². The molecule has 0 aromatic heterocycles. The summed E-state index contributed by atoms with van der Waals surface area (Å²) in [5.74, 6) is 1.01. The van der Waals surface area contributed by atoms with Crippen molar-refractivity contribution in [2.75, 3.05) is 45.8 Å². The minimum absolute atomic E-state index is 0.722. The highest BCUT2D eigenvalue weighted by Gasteiger charge is 2.54. The van der Waals surface area contributed by atoms with Gasteiger partial charge in [0.05, 0.1) is 0 Å². The number of piperidine rings is 1. The van der Waals surface area contributed by atoms with Crippen LogP contribution in [0.1, 0.15) is 47.0 Å². The topological polar surface area (TPSA) is 9.72 Å². The Bertz CT molecular complexity index is 336. The second-order valence-electron chi connectivity index (χ2n) is 8.32. The molecule has 2 saturated heterocycles. The summed E-state index contributed by atoms with van der Waals surface area (Å²) >= 11 is 0. The van der Waals surface area contributed by atoms with Gasteiger partial charge in [0.25, 0.3) is 0 Å². The zero-order valence-electron chi connectivity index (χ0n) is 14.6. The third kappa shape index (κ3) is 3.46. The lowest BCUT2D eigenvalue weighted by atomic mass is 9.90. The molecule has 3 heteroatoms. The molecular formula is C18H35N3. The molecule has 3 nitrogen and oxygen atoms in total. The van der Waals surface area contributed by atoms with Crippen molar-refractivity contribution in [3.63, 3.8) is 0 Å².